The van der Waals surface area contributed by atoms with Crippen molar-refractivity contribution in [2.75, 3.05) is 59.2 Å². The number of aromatic nitrogens is 1. The average Bonchev–Trinajstić information content (AvgIpc) is 3.58. The molecule has 1 aliphatic carbocycles. The fourth-order valence-electron chi connectivity index (χ4n) is 5.64. The Morgan fingerprint density at radius 3 is 2.92 bits per heavy atom. The highest BCUT2D eigenvalue weighted by Gasteiger charge is 2.28. The quantitative estimate of drug-likeness (QED) is 0.147. The first-order chi connectivity index (χ1) is 18.7. The summed E-state index contributed by atoms with van der Waals surface area (Å²) in [6.45, 7) is 7.85. The number of H-pyrrole nitrogens is 1. The molecule has 8 heteroatoms. The number of carbonyl (C=O) groups is 1. The monoisotopic (exact) mass is 518 g/mol. The summed E-state index contributed by atoms with van der Waals surface area (Å²) in [5.74, 6) is -0.527. The molecule has 3 N–H and O–H groups in total. The van der Waals surface area contributed by atoms with Gasteiger partial charge in [-0.05, 0) is 53.7 Å². The number of para-hydroxylation sites is 1. The molecule has 1 aromatic heterocycles. The minimum absolute atomic E-state index is 0.344. The SMILES string of the molecule is O=C(C=Cc1ccc2c(c1)CCC2N(CCOCCN1CCOCC1)CCc1c[nH]c2ccccc12)NO. The number of ether oxygens (including phenoxy) is 2. The molecule has 0 radical (unpaired) electrons. The molecule has 2 heterocycles. The number of benzene rings is 2. The lowest BCUT2D eigenvalue weighted by atomic mass is 10.0. The van der Waals surface area contributed by atoms with Crippen LogP contribution in [0.2, 0.25) is 0 Å². The van der Waals surface area contributed by atoms with Crippen molar-refractivity contribution in [2.45, 2.75) is 25.3 Å². The fraction of sp³-hybridized carbons (Fsp3) is 0.433. The molecule has 0 spiro atoms. The highest BCUT2D eigenvalue weighted by molar-refractivity contribution is 5.90. The van der Waals surface area contributed by atoms with Crippen molar-refractivity contribution >= 4 is 22.9 Å². The Kier molecular flexibility index (Phi) is 9.22. The van der Waals surface area contributed by atoms with Gasteiger partial charge in [0.15, 0.2) is 0 Å². The van der Waals surface area contributed by atoms with E-state index in [1.54, 1.807) is 11.6 Å². The maximum atomic E-state index is 11.4. The number of carbonyl (C=O) groups excluding carboxylic acids is 1. The second-order valence-electron chi connectivity index (χ2n) is 10.0. The first kappa shape index (κ1) is 26.6. The molecule has 1 fully saturated rings. The Bertz CT molecular complexity index is 1230. The van der Waals surface area contributed by atoms with Gasteiger partial charge in [-0.15, -0.1) is 0 Å². The molecule has 0 bridgehead atoms. The van der Waals surface area contributed by atoms with Crippen molar-refractivity contribution in [1.29, 1.82) is 0 Å². The second-order valence-corrected chi connectivity index (χ2v) is 10.0. The van der Waals surface area contributed by atoms with E-state index in [0.717, 1.165) is 77.4 Å². The summed E-state index contributed by atoms with van der Waals surface area (Å²) in [5.41, 5.74) is 7.82. The van der Waals surface area contributed by atoms with Gasteiger partial charge in [0.1, 0.15) is 0 Å². The van der Waals surface area contributed by atoms with Gasteiger partial charge in [-0.1, -0.05) is 36.4 Å². The second kappa shape index (κ2) is 13.2. The topological polar surface area (TPSA) is 90.1 Å². The van der Waals surface area contributed by atoms with Gasteiger partial charge >= 0.3 is 0 Å². The number of aromatic amines is 1. The number of nitrogens with one attached hydrogen (secondary N) is 2. The maximum Gasteiger partial charge on any atom is 0.267 e. The van der Waals surface area contributed by atoms with Crippen LogP contribution >= 0.6 is 0 Å². The molecule has 38 heavy (non-hydrogen) atoms. The van der Waals surface area contributed by atoms with Gasteiger partial charge in [-0.2, -0.15) is 0 Å². The van der Waals surface area contributed by atoms with Crippen molar-refractivity contribution in [3.63, 3.8) is 0 Å². The van der Waals surface area contributed by atoms with Crippen molar-refractivity contribution < 1.29 is 19.5 Å². The maximum absolute atomic E-state index is 11.4. The highest BCUT2D eigenvalue weighted by Crippen LogP contribution is 2.36. The van der Waals surface area contributed by atoms with Crippen LogP contribution in [-0.2, 0) is 27.1 Å². The Hall–Kier alpha value is -3.01. The Morgan fingerprint density at radius 1 is 1.18 bits per heavy atom. The summed E-state index contributed by atoms with van der Waals surface area (Å²) in [6, 6.07) is 15.2. The zero-order valence-corrected chi connectivity index (χ0v) is 21.9. The van der Waals surface area contributed by atoms with Gasteiger partial charge in [0, 0.05) is 61.9 Å². The molecule has 1 aliphatic heterocycles. The number of rotatable bonds is 12. The van der Waals surface area contributed by atoms with Crippen LogP contribution in [0.5, 0.6) is 0 Å². The fourth-order valence-corrected chi connectivity index (χ4v) is 5.64. The number of fused-ring (bicyclic) bond motifs is 2. The lowest BCUT2D eigenvalue weighted by molar-refractivity contribution is -0.124. The zero-order valence-electron chi connectivity index (χ0n) is 21.9. The number of morpholine rings is 1. The number of hydrogen-bond donors (Lipinski definition) is 3. The molecule has 1 unspecified atom stereocenters. The molecule has 1 atom stereocenters. The third kappa shape index (κ3) is 6.70. The molecule has 202 valence electrons. The van der Waals surface area contributed by atoms with E-state index in [1.807, 2.05) is 0 Å². The van der Waals surface area contributed by atoms with Crippen molar-refractivity contribution in [3.8, 4) is 0 Å². The molecule has 2 aliphatic rings. The number of nitrogens with zero attached hydrogens (tertiary/aromatic N) is 2. The van der Waals surface area contributed by atoms with Crippen LogP contribution in [0.25, 0.3) is 17.0 Å². The van der Waals surface area contributed by atoms with Crippen LogP contribution in [0.4, 0.5) is 0 Å². The molecule has 2 aromatic carbocycles. The van der Waals surface area contributed by atoms with E-state index in [1.165, 1.54) is 33.7 Å². The lowest BCUT2D eigenvalue weighted by Gasteiger charge is -2.30. The van der Waals surface area contributed by atoms with Crippen LogP contribution < -0.4 is 5.48 Å². The summed E-state index contributed by atoms with van der Waals surface area (Å²) in [6.07, 6.45) is 8.27. The minimum atomic E-state index is -0.527. The Labute approximate surface area is 224 Å². The van der Waals surface area contributed by atoms with E-state index in [9.17, 15) is 4.79 Å². The van der Waals surface area contributed by atoms with Crippen LogP contribution in [0, 0.1) is 0 Å². The molecule has 3 aromatic rings. The van der Waals surface area contributed by atoms with Gasteiger partial charge < -0.3 is 14.5 Å². The van der Waals surface area contributed by atoms with Crippen LogP contribution in [-0.4, -0.2) is 85.0 Å². The van der Waals surface area contributed by atoms with E-state index in [-0.39, 0.29) is 0 Å². The van der Waals surface area contributed by atoms with Crippen LogP contribution in [0.3, 0.4) is 0 Å². The summed E-state index contributed by atoms with van der Waals surface area (Å²) in [7, 11) is 0. The van der Waals surface area contributed by atoms with Gasteiger partial charge in [0.25, 0.3) is 5.91 Å². The number of amides is 1. The van der Waals surface area contributed by atoms with Gasteiger partial charge in [0.05, 0.1) is 26.4 Å². The molecule has 8 nitrogen and oxygen atoms in total. The predicted molar refractivity (Wildman–Crippen MR) is 148 cm³/mol. The summed E-state index contributed by atoms with van der Waals surface area (Å²) < 4.78 is 11.6. The summed E-state index contributed by atoms with van der Waals surface area (Å²) >= 11 is 0. The number of aryl methyl sites for hydroxylation is 1. The molecule has 1 saturated heterocycles. The Morgan fingerprint density at radius 2 is 2.05 bits per heavy atom. The third-order valence-electron chi connectivity index (χ3n) is 7.71. The van der Waals surface area contributed by atoms with E-state index < -0.39 is 5.91 Å². The Balaban J connectivity index is 1.24. The lowest BCUT2D eigenvalue weighted by Crippen LogP contribution is -2.38. The molecule has 0 saturated carbocycles. The first-order valence-corrected chi connectivity index (χ1v) is 13.6. The smallest absolute Gasteiger partial charge is 0.267 e. The standard InChI is InChI=1S/C30H38N4O4/c35-30(32-36)10-6-23-5-8-27-24(21-23)7-9-29(27)34(16-20-38-19-15-33-13-17-37-18-14-33)12-11-25-22-31-28-4-2-1-3-26(25)28/h1-6,8,10,21-22,29,31,36H,7,9,11-20H2,(H,32,35). The molecular weight excluding hydrogens is 480 g/mol. The van der Waals surface area contributed by atoms with Crippen molar-refractivity contribution in [3.05, 3.63) is 77.0 Å². The van der Waals surface area contributed by atoms with Gasteiger partial charge in [0.2, 0.25) is 0 Å². The highest BCUT2D eigenvalue weighted by atomic mass is 16.5. The van der Waals surface area contributed by atoms with E-state index in [2.05, 4.69) is 63.4 Å². The normalized spacial score (nSPS) is 18.0. The first-order valence-electron chi connectivity index (χ1n) is 13.6. The van der Waals surface area contributed by atoms with Crippen LogP contribution in [0.1, 0.15) is 34.7 Å². The predicted octanol–water partition coefficient (Wildman–Crippen LogP) is 3.57. The average molecular weight is 519 g/mol. The van der Waals surface area contributed by atoms with Gasteiger partial charge in [-0.25, -0.2) is 5.48 Å². The largest absolute Gasteiger partial charge is 0.379 e. The minimum Gasteiger partial charge on any atom is -0.379 e. The van der Waals surface area contributed by atoms with Crippen LogP contribution in [0.15, 0.2) is 54.7 Å². The third-order valence-corrected chi connectivity index (χ3v) is 7.71. The molecular formula is C30H38N4O4. The van der Waals surface area contributed by atoms with Gasteiger partial charge in [-0.3, -0.25) is 19.8 Å². The van der Waals surface area contributed by atoms with E-state index in [0.29, 0.717) is 12.6 Å². The van der Waals surface area contributed by atoms with Crippen molar-refractivity contribution in [1.82, 2.24) is 20.3 Å². The molecule has 1 amide bonds. The molecule has 5 rings (SSSR count). The van der Waals surface area contributed by atoms with E-state index in [4.69, 9.17) is 14.7 Å². The van der Waals surface area contributed by atoms with Crippen molar-refractivity contribution in [2.24, 2.45) is 0 Å². The zero-order chi connectivity index (χ0) is 26.2. The number of hydrogen-bond acceptors (Lipinski definition) is 6. The van der Waals surface area contributed by atoms with E-state index >= 15 is 0 Å². The summed E-state index contributed by atoms with van der Waals surface area (Å²) in [5, 5.41) is 10.0. The summed E-state index contributed by atoms with van der Waals surface area (Å²) in [4.78, 5) is 19.8. The number of hydroxylamine groups is 1.